The molecule has 0 unspecified atom stereocenters. The Morgan fingerprint density at radius 1 is 1.47 bits per heavy atom. The first kappa shape index (κ1) is 10.4. The summed E-state index contributed by atoms with van der Waals surface area (Å²) in [6, 6.07) is 0. The van der Waals surface area contributed by atoms with Crippen molar-refractivity contribution in [2.45, 2.75) is 6.92 Å². The zero-order valence-corrected chi connectivity index (χ0v) is 10.2. The summed E-state index contributed by atoms with van der Waals surface area (Å²) in [6.07, 6.45) is 1.62. The maximum absolute atomic E-state index is 4.97. The number of hydrogen-bond donors (Lipinski definition) is 2. The first-order valence-corrected chi connectivity index (χ1v) is 5.72. The minimum Gasteiger partial charge on any atom is -0.273 e. The van der Waals surface area contributed by atoms with Gasteiger partial charge in [-0.15, -0.1) is 11.3 Å². The number of nitrogens with one attached hydrogen (secondary N) is 2. The normalized spacial score (nSPS) is 11.3. The fraction of sp³-hybridized carbons (Fsp3) is 0.143. The molecule has 5 nitrogen and oxygen atoms in total. The number of hydrogen-bond acceptors (Lipinski definition) is 5. The van der Waals surface area contributed by atoms with Crippen LogP contribution in [0.1, 0.15) is 10.7 Å². The fourth-order valence-electron chi connectivity index (χ4n) is 0.966. The van der Waals surface area contributed by atoms with Crippen molar-refractivity contribution < 1.29 is 0 Å². The lowest BCUT2D eigenvalue weighted by molar-refractivity contribution is 0.848. The SMILES string of the molecule is Cc1nc(/C=N\n2c(=S)[nH][nH]c2=S)cs1. The van der Waals surface area contributed by atoms with Crippen LogP contribution < -0.4 is 0 Å². The molecule has 0 aromatic carbocycles. The van der Waals surface area contributed by atoms with Crippen molar-refractivity contribution in [3.8, 4) is 0 Å². The molecule has 0 atom stereocenters. The summed E-state index contributed by atoms with van der Waals surface area (Å²) < 4.78 is 2.30. The Bertz CT molecular complexity index is 571. The molecule has 15 heavy (non-hydrogen) atoms. The Morgan fingerprint density at radius 2 is 2.13 bits per heavy atom. The average Bonchev–Trinajstić information content (AvgIpc) is 2.73. The molecule has 0 saturated carbocycles. The van der Waals surface area contributed by atoms with Crippen molar-refractivity contribution in [2.75, 3.05) is 0 Å². The minimum absolute atomic E-state index is 0.434. The molecule has 0 fully saturated rings. The molecule has 0 radical (unpaired) electrons. The molecule has 0 aliphatic heterocycles. The molecule has 0 aliphatic rings. The Labute approximate surface area is 99.5 Å². The van der Waals surface area contributed by atoms with Crippen LogP contribution in [0.4, 0.5) is 0 Å². The molecule has 78 valence electrons. The topological polar surface area (TPSA) is 61.8 Å². The van der Waals surface area contributed by atoms with E-state index in [1.165, 1.54) is 4.68 Å². The minimum atomic E-state index is 0.434. The third-order valence-corrected chi connectivity index (χ3v) is 2.95. The second kappa shape index (κ2) is 4.17. The van der Waals surface area contributed by atoms with Crippen LogP contribution in [0, 0.1) is 16.5 Å². The summed E-state index contributed by atoms with van der Waals surface area (Å²) in [5, 5.41) is 12.4. The number of thiazole rings is 1. The largest absolute Gasteiger partial charge is 0.273 e. The molecule has 8 heteroatoms. The van der Waals surface area contributed by atoms with E-state index < -0.39 is 0 Å². The standard InChI is InChI=1S/C7H7N5S3/c1-4-9-5(3-15-4)2-8-12-6(13)10-11-7(12)14/h2-3H,1H3,(H,10,13)(H,11,14)/b8-2-. The predicted molar refractivity (Wildman–Crippen MR) is 64.6 cm³/mol. The van der Waals surface area contributed by atoms with Gasteiger partial charge in [-0.2, -0.15) is 9.78 Å². The van der Waals surface area contributed by atoms with E-state index >= 15 is 0 Å². The van der Waals surface area contributed by atoms with Crippen molar-refractivity contribution >= 4 is 42.0 Å². The van der Waals surface area contributed by atoms with Crippen molar-refractivity contribution in [3.63, 3.8) is 0 Å². The predicted octanol–water partition coefficient (Wildman–Crippen LogP) is 2.25. The lowest BCUT2D eigenvalue weighted by Gasteiger charge is -1.87. The van der Waals surface area contributed by atoms with E-state index in [0.717, 1.165) is 10.7 Å². The van der Waals surface area contributed by atoms with Crippen molar-refractivity contribution in [1.82, 2.24) is 19.9 Å². The van der Waals surface area contributed by atoms with Gasteiger partial charge in [0.1, 0.15) is 0 Å². The number of nitrogens with zero attached hydrogens (tertiary/aromatic N) is 3. The smallest absolute Gasteiger partial charge is 0.215 e. The van der Waals surface area contributed by atoms with E-state index in [1.54, 1.807) is 17.6 Å². The average molecular weight is 257 g/mol. The Morgan fingerprint density at radius 3 is 2.67 bits per heavy atom. The van der Waals surface area contributed by atoms with E-state index in [9.17, 15) is 0 Å². The van der Waals surface area contributed by atoms with Gasteiger partial charge in [0.2, 0.25) is 9.54 Å². The van der Waals surface area contributed by atoms with Gasteiger partial charge in [-0.25, -0.2) is 4.98 Å². The molecule has 0 bridgehead atoms. The molecule has 0 spiro atoms. The van der Waals surface area contributed by atoms with Crippen LogP contribution in [-0.2, 0) is 0 Å². The van der Waals surface area contributed by atoms with E-state index in [1.807, 2.05) is 12.3 Å². The maximum Gasteiger partial charge on any atom is 0.215 e. The van der Waals surface area contributed by atoms with Gasteiger partial charge in [0.05, 0.1) is 16.9 Å². The highest BCUT2D eigenvalue weighted by Crippen LogP contribution is 2.05. The third kappa shape index (κ3) is 2.28. The Hall–Kier alpha value is -1.12. The van der Waals surface area contributed by atoms with E-state index in [4.69, 9.17) is 24.4 Å². The monoisotopic (exact) mass is 257 g/mol. The molecule has 2 aromatic rings. The van der Waals surface area contributed by atoms with Crippen LogP contribution >= 0.6 is 35.8 Å². The van der Waals surface area contributed by atoms with E-state index in [2.05, 4.69) is 20.3 Å². The highest BCUT2D eigenvalue weighted by Gasteiger charge is 1.95. The second-order valence-corrected chi connectivity index (χ2v) is 4.54. The van der Waals surface area contributed by atoms with Crippen molar-refractivity contribution in [1.29, 1.82) is 0 Å². The molecule has 2 aromatic heterocycles. The summed E-state index contributed by atoms with van der Waals surface area (Å²) in [4.78, 5) is 4.24. The first-order chi connectivity index (χ1) is 7.16. The lowest BCUT2D eigenvalue weighted by Crippen LogP contribution is -1.91. The Balaban J connectivity index is 2.33. The van der Waals surface area contributed by atoms with Gasteiger partial charge in [0.15, 0.2) is 0 Å². The van der Waals surface area contributed by atoms with Crippen LogP contribution in [0.25, 0.3) is 0 Å². The van der Waals surface area contributed by atoms with Crippen LogP contribution in [-0.4, -0.2) is 26.1 Å². The first-order valence-electron chi connectivity index (χ1n) is 4.03. The van der Waals surface area contributed by atoms with Gasteiger partial charge < -0.3 is 0 Å². The van der Waals surface area contributed by atoms with Gasteiger partial charge >= 0.3 is 0 Å². The van der Waals surface area contributed by atoms with Gasteiger partial charge in [0.25, 0.3) is 0 Å². The molecule has 2 N–H and O–H groups in total. The third-order valence-electron chi connectivity index (χ3n) is 1.60. The van der Waals surface area contributed by atoms with Crippen LogP contribution in [0.15, 0.2) is 10.5 Å². The summed E-state index contributed by atoms with van der Waals surface area (Å²) in [7, 11) is 0. The zero-order chi connectivity index (χ0) is 10.8. The number of aryl methyl sites for hydroxylation is 1. The summed E-state index contributed by atoms with van der Waals surface area (Å²) in [5.41, 5.74) is 0.801. The van der Waals surface area contributed by atoms with Crippen LogP contribution in [0.5, 0.6) is 0 Å². The zero-order valence-electron chi connectivity index (χ0n) is 7.72. The van der Waals surface area contributed by atoms with Crippen molar-refractivity contribution in [2.24, 2.45) is 5.10 Å². The molecule has 0 amide bonds. The molecular weight excluding hydrogens is 250 g/mol. The fourth-order valence-corrected chi connectivity index (χ4v) is 1.97. The highest BCUT2D eigenvalue weighted by atomic mass is 32.1. The summed E-state index contributed by atoms with van der Waals surface area (Å²) >= 11 is 11.5. The number of rotatable bonds is 2. The number of H-pyrrole nitrogens is 2. The van der Waals surface area contributed by atoms with Crippen LogP contribution in [0.3, 0.4) is 0 Å². The molecule has 2 rings (SSSR count). The quantitative estimate of drug-likeness (QED) is 0.640. The number of aromatic nitrogens is 4. The molecule has 2 heterocycles. The van der Waals surface area contributed by atoms with Gasteiger partial charge in [-0.05, 0) is 31.4 Å². The molecular formula is C7H7N5S3. The maximum atomic E-state index is 4.97. The van der Waals surface area contributed by atoms with Gasteiger partial charge in [-0.1, -0.05) is 0 Å². The van der Waals surface area contributed by atoms with E-state index in [-0.39, 0.29) is 0 Å². The van der Waals surface area contributed by atoms with E-state index in [0.29, 0.717) is 9.54 Å². The second-order valence-electron chi connectivity index (χ2n) is 2.71. The lowest BCUT2D eigenvalue weighted by atomic mass is 10.5. The summed E-state index contributed by atoms with van der Waals surface area (Å²) in [6.45, 7) is 1.94. The molecule has 0 aliphatic carbocycles. The van der Waals surface area contributed by atoms with Gasteiger partial charge in [-0.3, -0.25) is 10.2 Å². The van der Waals surface area contributed by atoms with Crippen LogP contribution in [0.2, 0.25) is 0 Å². The van der Waals surface area contributed by atoms with Crippen molar-refractivity contribution in [3.05, 3.63) is 25.6 Å². The van der Waals surface area contributed by atoms with Gasteiger partial charge in [0, 0.05) is 5.38 Å². The highest BCUT2D eigenvalue weighted by molar-refractivity contribution is 7.72. The number of aromatic amines is 2. The Kier molecular flexibility index (Phi) is 2.89. The summed E-state index contributed by atoms with van der Waals surface area (Å²) in [5.74, 6) is 0. The molecule has 0 saturated heterocycles.